The highest BCUT2D eigenvalue weighted by atomic mass is 16.4. The first-order chi connectivity index (χ1) is 4.36. The van der Waals surface area contributed by atoms with Crippen molar-refractivity contribution in [3.05, 3.63) is 0 Å². The minimum atomic E-state index is -1.52. The number of hydrogen-bond donors (Lipinski definition) is 2. The Morgan fingerprint density at radius 3 is 2.09 bits per heavy atom. The first-order valence-electron chi connectivity index (χ1n) is 2.65. The van der Waals surface area contributed by atoms with E-state index in [1.807, 2.05) is 0 Å². The topological polar surface area (TPSA) is 137 Å². The van der Waals surface area contributed by atoms with Gasteiger partial charge in [0, 0.05) is 0 Å². The van der Waals surface area contributed by atoms with Crippen molar-refractivity contribution >= 4 is 11.9 Å². The quantitative estimate of drug-likeness (QED) is 0.446. The second kappa shape index (κ2) is 3.89. The highest BCUT2D eigenvalue weighted by molar-refractivity contribution is 5.81. The van der Waals surface area contributed by atoms with Gasteiger partial charge in [0.05, 0.1) is 0 Å². The van der Waals surface area contributed by atoms with E-state index in [9.17, 15) is 14.7 Å². The molecule has 6 heteroatoms. The van der Waals surface area contributed by atoms with E-state index in [0.29, 0.717) is 0 Å². The van der Waals surface area contributed by atoms with E-state index in [2.05, 4.69) is 5.73 Å². The van der Waals surface area contributed by atoms with Gasteiger partial charge in [0.25, 0.3) is 0 Å². The Hall–Kier alpha value is -1.14. The molecule has 0 aromatic rings. The Morgan fingerprint density at radius 1 is 1.64 bits per heavy atom. The van der Waals surface area contributed by atoms with E-state index >= 15 is 0 Å². The molecular weight excluding hydrogens is 154 g/mol. The van der Waals surface area contributed by atoms with Gasteiger partial charge in [-0.1, -0.05) is 0 Å². The molecule has 0 fully saturated rings. The fraction of sp³-hybridized carbons (Fsp3) is 0.600. The molecule has 0 unspecified atom stereocenters. The molecule has 0 aliphatic rings. The van der Waals surface area contributed by atoms with Gasteiger partial charge in [-0.3, -0.25) is 4.79 Å². The van der Waals surface area contributed by atoms with Crippen molar-refractivity contribution in [3.63, 3.8) is 0 Å². The zero-order valence-corrected chi connectivity index (χ0v) is 6.09. The molecule has 66 valence electrons. The molecule has 0 bridgehead atoms. The lowest BCUT2D eigenvalue weighted by Gasteiger charge is -2.18. The van der Waals surface area contributed by atoms with Gasteiger partial charge in [0.15, 0.2) is 0 Å². The van der Waals surface area contributed by atoms with Gasteiger partial charge in [0.1, 0.15) is 17.9 Å². The van der Waals surface area contributed by atoms with Gasteiger partial charge in [-0.05, 0) is 6.92 Å². The molecule has 0 aliphatic carbocycles. The lowest BCUT2D eigenvalue weighted by atomic mass is 10.0. The lowest BCUT2D eigenvalue weighted by molar-refractivity contribution is -0.480. The number of aliphatic carboxylic acids is 2. The molecule has 0 aromatic heterocycles. The van der Waals surface area contributed by atoms with Crippen molar-refractivity contribution in [2.45, 2.75) is 18.9 Å². The summed E-state index contributed by atoms with van der Waals surface area (Å²) in [4.78, 5) is 20.1. The van der Waals surface area contributed by atoms with Gasteiger partial charge >= 0.3 is 5.97 Å². The van der Waals surface area contributed by atoms with E-state index in [1.54, 1.807) is 0 Å². The molecule has 0 radical (unpaired) electrons. The zero-order valence-electron chi connectivity index (χ0n) is 6.09. The van der Waals surface area contributed by atoms with Gasteiger partial charge in [0.2, 0.25) is 0 Å². The van der Waals surface area contributed by atoms with E-state index < -0.39 is 23.9 Å². The molecule has 0 aliphatic heterocycles. The van der Waals surface area contributed by atoms with Crippen LogP contribution in [0.3, 0.4) is 0 Å². The summed E-state index contributed by atoms with van der Waals surface area (Å²) in [5.74, 6) is -2.64. The fourth-order valence-corrected chi connectivity index (χ4v) is 0.406. The number of carboxylic acids is 2. The van der Waals surface area contributed by atoms with Crippen molar-refractivity contribution in [2.75, 3.05) is 0 Å². The van der Waals surface area contributed by atoms with Crippen LogP contribution in [0.1, 0.15) is 13.3 Å². The Bertz CT molecular complexity index is 164. The minimum Gasteiger partial charge on any atom is -0.544 e. The molecular formula is C5H11NO5. The third-order valence-electron chi connectivity index (χ3n) is 1.03. The maximum atomic E-state index is 10.1. The largest absolute Gasteiger partial charge is 0.544 e. The second-order valence-electron chi connectivity index (χ2n) is 2.42. The van der Waals surface area contributed by atoms with Gasteiger partial charge in [-0.15, -0.1) is 0 Å². The maximum Gasteiger partial charge on any atom is 0.310 e. The number of quaternary nitrogens is 1. The molecule has 0 saturated carbocycles. The van der Waals surface area contributed by atoms with Gasteiger partial charge < -0.3 is 26.2 Å². The summed E-state index contributed by atoms with van der Waals surface area (Å²) in [6.45, 7) is 1.20. The summed E-state index contributed by atoms with van der Waals surface area (Å²) in [6, 6.07) is 0. The molecule has 0 rings (SSSR count). The molecule has 6 N–H and O–H groups in total. The molecule has 0 amide bonds. The first kappa shape index (κ1) is 12.5. The molecule has 11 heavy (non-hydrogen) atoms. The highest BCUT2D eigenvalue weighted by Gasteiger charge is 2.27. The van der Waals surface area contributed by atoms with Crippen molar-refractivity contribution in [1.29, 1.82) is 0 Å². The van der Waals surface area contributed by atoms with Crippen molar-refractivity contribution in [3.8, 4) is 0 Å². The van der Waals surface area contributed by atoms with E-state index in [-0.39, 0.29) is 5.48 Å². The van der Waals surface area contributed by atoms with Gasteiger partial charge in [-0.2, -0.15) is 0 Å². The Kier molecular flexibility index (Phi) is 4.43. The summed E-state index contributed by atoms with van der Waals surface area (Å²) >= 11 is 0. The predicted octanol–water partition coefficient (Wildman–Crippen LogP) is -3.61. The van der Waals surface area contributed by atoms with Crippen LogP contribution in [0.5, 0.6) is 0 Å². The zero-order chi connectivity index (χ0) is 8.36. The van der Waals surface area contributed by atoms with E-state index in [0.717, 1.165) is 0 Å². The Morgan fingerprint density at radius 2 is 2.00 bits per heavy atom. The monoisotopic (exact) mass is 165 g/mol. The standard InChI is InChI=1S/C5H9NO4.H2O/c1-5(6,4(9)10)2-3(7)8;/h2,6H2,1H3,(H,7,8)(H,9,10);1H2/t5-;/m1./s1. The summed E-state index contributed by atoms with van der Waals surface area (Å²) in [6.07, 6.45) is -0.519. The van der Waals surface area contributed by atoms with Crippen molar-refractivity contribution in [2.24, 2.45) is 0 Å². The highest BCUT2D eigenvalue weighted by Crippen LogP contribution is 1.99. The Labute approximate surface area is 62.9 Å². The van der Waals surface area contributed by atoms with Crippen LogP contribution in [0.4, 0.5) is 0 Å². The molecule has 0 aromatic carbocycles. The third-order valence-corrected chi connectivity index (χ3v) is 1.03. The van der Waals surface area contributed by atoms with Crippen LogP contribution in [-0.2, 0) is 9.59 Å². The summed E-state index contributed by atoms with van der Waals surface area (Å²) in [5.41, 5.74) is 1.64. The molecule has 1 atom stereocenters. The van der Waals surface area contributed by atoms with Crippen LogP contribution in [0.2, 0.25) is 0 Å². The van der Waals surface area contributed by atoms with Crippen LogP contribution in [0.15, 0.2) is 0 Å². The average molecular weight is 165 g/mol. The summed E-state index contributed by atoms with van der Waals surface area (Å²) < 4.78 is 0. The fourth-order valence-electron chi connectivity index (χ4n) is 0.406. The molecule has 6 nitrogen and oxygen atoms in total. The Balaban J connectivity index is 0. The maximum absolute atomic E-state index is 10.1. The predicted molar refractivity (Wildman–Crippen MR) is 32.2 cm³/mol. The number of rotatable bonds is 3. The van der Waals surface area contributed by atoms with Crippen LogP contribution in [-0.4, -0.2) is 28.1 Å². The average Bonchev–Trinajstić information content (AvgIpc) is 1.60. The number of hydrogen-bond acceptors (Lipinski definition) is 3. The third kappa shape index (κ3) is 4.29. The van der Waals surface area contributed by atoms with Crippen LogP contribution in [0, 0.1) is 0 Å². The SMILES string of the molecule is C[C@@]([NH3+])(CC(=O)O)C(=O)[O-].O. The molecule has 0 heterocycles. The summed E-state index contributed by atoms with van der Waals surface area (Å²) in [7, 11) is 0. The van der Waals surface area contributed by atoms with Crippen molar-refractivity contribution in [1.82, 2.24) is 0 Å². The minimum absolute atomic E-state index is 0. The number of carbonyl (C=O) groups excluding carboxylic acids is 1. The number of carboxylic acid groups (broad SMARTS) is 2. The van der Waals surface area contributed by atoms with Crippen LogP contribution >= 0.6 is 0 Å². The van der Waals surface area contributed by atoms with Crippen LogP contribution < -0.4 is 10.8 Å². The molecule has 0 saturated heterocycles. The first-order valence-corrected chi connectivity index (χ1v) is 2.65. The van der Waals surface area contributed by atoms with Crippen LogP contribution in [0.25, 0.3) is 0 Å². The summed E-state index contributed by atoms with van der Waals surface area (Å²) in [5, 5.41) is 18.3. The smallest absolute Gasteiger partial charge is 0.310 e. The second-order valence-corrected chi connectivity index (χ2v) is 2.42. The number of carbonyl (C=O) groups is 2. The normalized spacial score (nSPS) is 14.4. The molecule has 0 spiro atoms. The van der Waals surface area contributed by atoms with Gasteiger partial charge in [-0.25, -0.2) is 0 Å². The van der Waals surface area contributed by atoms with E-state index in [1.165, 1.54) is 6.92 Å². The van der Waals surface area contributed by atoms with E-state index in [4.69, 9.17) is 5.11 Å². The van der Waals surface area contributed by atoms with Crippen molar-refractivity contribution < 1.29 is 31.0 Å². The lowest BCUT2D eigenvalue weighted by Crippen LogP contribution is -2.78.